The molecule has 10 nitrogen and oxygen atoms in total. The van der Waals surface area contributed by atoms with Crippen LogP contribution in [0.15, 0.2) is 91.0 Å². The highest BCUT2D eigenvalue weighted by molar-refractivity contribution is 5.98. The van der Waals surface area contributed by atoms with Crippen molar-refractivity contribution in [2.75, 3.05) is 0 Å². The van der Waals surface area contributed by atoms with E-state index in [0.717, 1.165) is 78.7 Å². The van der Waals surface area contributed by atoms with Crippen LogP contribution in [0.3, 0.4) is 0 Å². The molecule has 0 radical (unpaired) electrons. The highest BCUT2D eigenvalue weighted by Gasteiger charge is 2.10. The number of carboxylic acid groups (broad SMARTS) is 1. The number of hydrogen-bond donors (Lipinski definition) is 5. The average molecular weight is 665 g/mol. The van der Waals surface area contributed by atoms with Crippen molar-refractivity contribution in [3.63, 3.8) is 0 Å². The normalized spacial score (nSPS) is 12.5. The van der Waals surface area contributed by atoms with Crippen LogP contribution in [0.1, 0.15) is 55.9 Å². The number of aromatic nitrogens is 8. The van der Waals surface area contributed by atoms with Gasteiger partial charge in [0.1, 0.15) is 0 Å². The Hall–Kier alpha value is -7.33. The molecule has 0 spiro atoms. The van der Waals surface area contributed by atoms with E-state index in [1.54, 1.807) is 12.1 Å². The molecule has 4 aliphatic rings. The minimum atomic E-state index is -0.980. The Morgan fingerprint density at radius 1 is 0.373 bits per heavy atom. The van der Waals surface area contributed by atoms with E-state index >= 15 is 0 Å². The van der Waals surface area contributed by atoms with Crippen molar-refractivity contribution in [1.82, 2.24) is 39.9 Å². The SMILES string of the molecule is C1=Cc2cc3ccc(cc4ccc(cc5nc(cc1n2)C=C5)[nH]4)[nH]3.O=C(O)c1cc2cc3nc(cc4nc(cc5ccc(cc1[nH]2)[nH]5)C=C4)C=C3. The molecule has 0 saturated heterocycles. The molecule has 5 N–H and O–H groups in total. The second kappa shape index (κ2) is 12.3. The summed E-state index contributed by atoms with van der Waals surface area (Å²) in [6.45, 7) is 0. The van der Waals surface area contributed by atoms with Gasteiger partial charge in [0.15, 0.2) is 0 Å². The third-order valence-corrected chi connectivity index (χ3v) is 8.44. The molecular formula is C41H28N8O2. The Kier molecular flexibility index (Phi) is 7.17. The van der Waals surface area contributed by atoms with Crippen LogP contribution in [-0.2, 0) is 0 Å². The summed E-state index contributed by atoms with van der Waals surface area (Å²) in [5.74, 6) is -0.980. The van der Waals surface area contributed by atoms with Gasteiger partial charge in [-0.05, 0) is 140 Å². The zero-order chi connectivity index (χ0) is 34.3. The highest BCUT2D eigenvalue weighted by Crippen LogP contribution is 2.20. The second-order valence-corrected chi connectivity index (χ2v) is 12.3. The lowest BCUT2D eigenvalue weighted by Crippen LogP contribution is -1.93. The maximum Gasteiger partial charge on any atom is 0.337 e. The van der Waals surface area contributed by atoms with Crippen LogP contribution >= 0.6 is 0 Å². The van der Waals surface area contributed by atoms with Crippen molar-refractivity contribution >= 4 is 98.7 Å². The highest BCUT2D eigenvalue weighted by atomic mass is 16.4. The van der Waals surface area contributed by atoms with Crippen LogP contribution in [-0.4, -0.2) is 50.9 Å². The molecule has 6 aromatic heterocycles. The third kappa shape index (κ3) is 6.57. The number of carboxylic acids is 1. The van der Waals surface area contributed by atoms with E-state index in [2.05, 4.69) is 70.2 Å². The van der Waals surface area contributed by atoms with E-state index in [1.807, 2.05) is 97.1 Å². The quantitative estimate of drug-likeness (QED) is 0.118. The first kappa shape index (κ1) is 29.8. The Balaban J connectivity index is 0.000000137. The zero-order valence-electron chi connectivity index (χ0n) is 26.9. The predicted octanol–water partition coefficient (Wildman–Crippen LogP) is 9.01. The first-order valence-electron chi connectivity index (χ1n) is 16.3. The summed E-state index contributed by atoms with van der Waals surface area (Å²) in [4.78, 5) is 43.2. The first-order valence-corrected chi connectivity index (χ1v) is 16.3. The molecule has 10 heterocycles. The van der Waals surface area contributed by atoms with E-state index in [9.17, 15) is 9.90 Å². The Morgan fingerprint density at radius 3 is 1.06 bits per heavy atom. The molecule has 0 unspecified atom stereocenters. The number of nitrogens with one attached hydrogen (secondary N) is 4. The average Bonchev–Trinajstić information content (AvgIpc) is 3.94. The number of aromatic carboxylic acids is 1. The van der Waals surface area contributed by atoms with E-state index in [0.29, 0.717) is 11.0 Å². The van der Waals surface area contributed by atoms with Crippen molar-refractivity contribution in [3.05, 3.63) is 142 Å². The van der Waals surface area contributed by atoms with Gasteiger partial charge in [-0.3, -0.25) is 0 Å². The van der Waals surface area contributed by atoms with Gasteiger partial charge >= 0.3 is 5.97 Å². The summed E-state index contributed by atoms with van der Waals surface area (Å²) in [6.07, 6.45) is 15.7. The van der Waals surface area contributed by atoms with Gasteiger partial charge in [-0.1, -0.05) is 0 Å². The first-order chi connectivity index (χ1) is 24.9. The summed E-state index contributed by atoms with van der Waals surface area (Å²) < 4.78 is 0. The van der Waals surface area contributed by atoms with E-state index in [1.165, 1.54) is 0 Å². The topological polar surface area (TPSA) is 152 Å². The molecule has 0 amide bonds. The minimum absolute atomic E-state index is 0.214. The number of H-pyrrole nitrogens is 4. The largest absolute Gasteiger partial charge is 0.478 e. The van der Waals surface area contributed by atoms with Gasteiger partial charge in [0, 0.05) is 38.6 Å². The summed E-state index contributed by atoms with van der Waals surface area (Å²) >= 11 is 0. The number of hydrogen-bond acceptors (Lipinski definition) is 5. The molecule has 4 aliphatic heterocycles. The van der Waals surface area contributed by atoms with Crippen LogP contribution in [0.25, 0.3) is 92.7 Å². The molecular weight excluding hydrogens is 637 g/mol. The molecule has 6 aromatic rings. The van der Waals surface area contributed by atoms with Crippen molar-refractivity contribution in [1.29, 1.82) is 0 Å². The molecule has 10 heteroatoms. The lowest BCUT2D eigenvalue weighted by Gasteiger charge is -1.88. The fraction of sp³-hybridized carbons (Fsp3) is 0. The number of nitrogens with zero attached hydrogens (tertiary/aromatic N) is 4. The Bertz CT molecular complexity index is 2770. The van der Waals surface area contributed by atoms with E-state index < -0.39 is 5.97 Å². The summed E-state index contributed by atoms with van der Waals surface area (Å²) in [7, 11) is 0. The Labute approximate surface area is 290 Å². The van der Waals surface area contributed by atoms with Gasteiger partial charge in [-0.2, -0.15) is 0 Å². The zero-order valence-corrected chi connectivity index (χ0v) is 26.9. The van der Waals surface area contributed by atoms with Crippen LogP contribution in [0, 0.1) is 0 Å². The predicted molar refractivity (Wildman–Crippen MR) is 205 cm³/mol. The summed E-state index contributed by atoms with van der Waals surface area (Å²) in [6, 6.07) is 29.3. The lowest BCUT2D eigenvalue weighted by atomic mass is 10.2. The number of carbonyl (C=O) groups is 1. The van der Waals surface area contributed by atoms with E-state index in [-0.39, 0.29) is 5.56 Å². The number of fused-ring (bicyclic) bond motifs is 16. The molecule has 10 rings (SSSR count). The second-order valence-electron chi connectivity index (χ2n) is 12.3. The van der Waals surface area contributed by atoms with Crippen LogP contribution < -0.4 is 0 Å². The fourth-order valence-corrected chi connectivity index (χ4v) is 6.14. The van der Waals surface area contributed by atoms with Crippen LogP contribution in [0.5, 0.6) is 0 Å². The smallest absolute Gasteiger partial charge is 0.337 e. The molecule has 0 saturated carbocycles. The standard InChI is InChI=1S/C21H14N4O2.C20H14N4/c26-21(27)19-10-18-9-16-4-3-14(23-16)7-12-1-2-13(22-12)8-15-5-6-17(24-15)11-20(19)25-18;1-2-14-10-16-5-6-18(23-16)12-20-8-7-19(24-20)11-17-4-3-15(22-17)9-13(1)21-14/h1-11,24-25H,(H,26,27);1-12,21-22H. The van der Waals surface area contributed by atoms with Gasteiger partial charge < -0.3 is 25.0 Å². The lowest BCUT2D eigenvalue weighted by molar-refractivity contribution is 0.0699. The van der Waals surface area contributed by atoms with Crippen molar-refractivity contribution in [2.24, 2.45) is 0 Å². The van der Waals surface area contributed by atoms with Crippen molar-refractivity contribution < 1.29 is 9.90 Å². The molecule has 244 valence electrons. The maximum atomic E-state index is 11.6. The maximum absolute atomic E-state index is 11.6. The number of aromatic amines is 4. The van der Waals surface area contributed by atoms with Crippen molar-refractivity contribution in [3.8, 4) is 0 Å². The molecule has 51 heavy (non-hydrogen) atoms. The van der Waals surface area contributed by atoms with Crippen molar-refractivity contribution in [2.45, 2.75) is 0 Å². The van der Waals surface area contributed by atoms with Gasteiger partial charge in [-0.25, -0.2) is 24.7 Å². The summed E-state index contributed by atoms with van der Waals surface area (Å²) in [5, 5.41) is 9.52. The van der Waals surface area contributed by atoms with Gasteiger partial charge in [-0.15, -0.1) is 0 Å². The molecule has 0 aromatic carbocycles. The Morgan fingerprint density at radius 2 is 0.686 bits per heavy atom. The van der Waals surface area contributed by atoms with E-state index in [4.69, 9.17) is 0 Å². The van der Waals surface area contributed by atoms with Gasteiger partial charge in [0.25, 0.3) is 0 Å². The van der Waals surface area contributed by atoms with Gasteiger partial charge in [0.2, 0.25) is 0 Å². The van der Waals surface area contributed by atoms with Crippen LogP contribution in [0.4, 0.5) is 0 Å². The van der Waals surface area contributed by atoms with Crippen LogP contribution in [0.2, 0.25) is 0 Å². The molecule has 0 aliphatic carbocycles. The molecule has 16 bridgehead atoms. The molecule has 0 atom stereocenters. The number of rotatable bonds is 1. The third-order valence-electron chi connectivity index (χ3n) is 8.44. The monoisotopic (exact) mass is 664 g/mol. The summed E-state index contributed by atoms with van der Waals surface area (Å²) in [5.41, 5.74) is 14.2. The molecule has 0 fully saturated rings. The van der Waals surface area contributed by atoms with Gasteiger partial charge in [0.05, 0.1) is 56.6 Å². The fourth-order valence-electron chi connectivity index (χ4n) is 6.14. The minimum Gasteiger partial charge on any atom is -0.478 e.